The van der Waals surface area contributed by atoms with Gasteiger partial charge in [0.2, 0.25) is 0 Å². The van der Waals surface area contributed by atoms with Crippen LogP contribution in [-0.4, -0.2) is 29.5 Å². The highest BCUT2D eigenvalue weighted by molar-refractivity contribution is 7.13. The van der Waals surface area contributed by atoms with Crippen molar-refractivity contribution in [3.05, 3.63) is 53.6 Å². The van der Waals surface area contributed by atoms with E-state index in [-0.39, 0.29) is 12.3 Å². The molecule has 1 heterocycles. The largest absolute Gasteiger partial charge is 0.452 e. The van der Waals surface area contributed by atoms with Crippen LogP contribution < -0.4 is 5.32 Å². The smallest absolute Gasteiger partial charge is 0.312 e. The monoisotopic (exact) mass is 372 g/mol. The summed E-state index contributed by atoms with van der Waals surface area (Å²) in [4.78, 5) is 28.2. The second-order valence-electron chi connectivity index (χ2n) is 6.26. The highest BCUT2D eigenvalue weighted by atomic mass is 32.1. The molecule has 0 saturated heterocycles. The van der Waals surface area contributed by atoms with E-state index in [4.69, 9.17) is 4.74 Å². The molecule has 1 amide bonds. The first-order valence-electron chi connectivity index (χ1n) is 8.53. The summed E-state index contributed by atoms with van der Waals surface area (Å²) in [5.41, 5.74) is 2.94. The molecule has 0 spiro atoms. The summed E-state index contributed by atoms with van der Waals surface area (Å²) >= 11 is 1.49. The minimum absolute atomic E-state index is 0.0413. The maximum absolute atomic E-state index is 12.0. The molecule has 0 aliphatic heterocycles. The van der Waals surface area contributed by atoms with Crippen molar-refractivity contribution in [1.29, 1.82) is 0 Å². The van der Waals surface area contributed by atoms with E-state index in [1.54, 1.807) is 13.0 Å². The average Bonchev–Trinajstić information content (AvgIpc) is 3.07. The molecule has 2 aromatic rings. The summed E-state index contributed by atoms with van der Waals surface area (Å²) in [6.45, 7) is 9.71. The van der Waals surface area contributed by atoms with E-state index < -0.39 is 12.1 Å². The number of nitrogens with zero attached hydrogens (tertiary/aromatic N) is 1. The van der Waals surface area contributed by atoms with Gasteiger partial charge in [-0.3, -0.25) is 9.59 Å². The molecule has 5 nitrogen and oxygen atoms in total. The van der Waals surface area contributed by atoms with Crippen molar-refractivity contribution in [3.63, 3.8) is 0 Å². The predicted molar refractivity (Wildman–Crippen MR) is 104 cm³/mol. The molecule has 0 bridgehead atoms. The van der Waals surface area contributed by atoms with Gasteiger partial charge in [0.05, 0.1) is 12.1 Å². The Balaban J connectivity index is 1.94. The van der Waals surface area contributed by atoms with Gasteiger partial charge in [-0.15, -0.1) is 17.9 Å². The summed E-state index contributed by atoms with van der Waals surface area (Å²) in [7, 11) is 0. The maximum Gasteiger partial charge on any atom is 0.312 e. The molecule has 0 aliphatic carbocycles. The van der Waals surface area contributed by atoms with Gasteiger partial charge in [-0.25, -0.2) is 4.98 Å². The van der Waals surface area contributed by atoms with Gasteiger partial charge in [0.1, 0.15) is 5.01 Å². The van der Waals surface area contributed by atoms with E-state index in [9.17, 15) is 9.59 Å². The number of carbonyl (C=O) groups is 2. The van der Waals surface area contributed by atoms with Crippen LogP contribution in [0.2, 0.25) is 0 Å². The number of hydrogen-bond donors (Lipinski definition) is 1. The van der Waals surface area contributed by atoms with E-state index in [0.29, 0.717) is 18.2 Å². The topological polar surface area (TPSA) is 68.3 Å². The molecule has 0 saturated carbocycles. The molecule has 0 aliphatic rings. The minimum atomic E-state index is -0.843. The van der Waals surface area contributed by atoms with Crippen molar-refractivity contribution in [1.82, 2.24) is 10.3 Å². The highest BCUT2D eigenvalue weighted by Gasteiger charge is 2.18. The number of carbonyl (C=O) groups excluding carboxylic acids is 2. The van der Waals surface area contributed by atoms with Crippen LogP contribution in [0, 0.1) is 0 Å². The van der Waals surface area contributed by atoms with Crippen LogP contribution in [0.15, 0.2) is 42.3 Å². The molecular formula is C20H24N2O3S. The van der Waals surface area contributed by atoms with Crippen molar-refractivity contribution in [2.45, 2.75) is 39.2 Å². The van der Waals surface area contributed by atoms with E-state index in [2.05, 4.69) is 42.9 Å². The zero-order chi connectivity index (χ0) is 19.1. The van der Waals surface area contributed by atoms with Gasteiger partial charge < -0.3 is 10.1 Å². The number of benzene rings is 1. The first-order chi connectivity index (χ1) is 12.4. The summed E-state index contributed by atoms with van der Waals surface area (Å²) in [5.74, 6) is -0.336. The van der Waals surface area contributed by atoms with Crippen molar-refractivity contribution >= 4 is 23.2 Å². The van der Waals surface area contributed by atoms with Crippen LogP contribution in [0.4, 0.5) is 0 Å². The fraction of sp³-hybridized carbons (Fsp3) is 0.350. The van der Waals surface area contributed by atoms with Crippen LogP contribution in [0.25, 0.3) is 10.6 Å². The standard InChI is InChI=1S/C20H24N2O3S/c1-5-10-21-19(24)14(4)25-18(23)11-17-12-26-20(22-17)16-8-6-15(7-9-16)13(2)3/h5-9,12-14H,1,10-11H2,2-4H3,(H,21,24)/t14-/m0/s1. The fourth-order valence-corrected chi connectivity index (χ4v) is 3.11. The number of amides is 1. The van der Waals surface area contributed by atoms with Crippen molar-refractivity contribution in [3.8, 4) is 10.6 Å². The van der Waals surface area contributed by atoms with Crippen molar-refractivity contribution < 1.29 is 14.3 Å². The summed E-state index contributed by atoms with van der Waals surface area (Å²) in [6.07, 6.45) is 0.764. The lowest BCUT2D eigenvalue weighted by molar-refractivity contribution is -0.154. The zero-order valence-corrected chi connectivity index (χ0v) is 16.1. The average molecular weight is 372 g/mol. The van der Waals surface area contributed by atoms with Crippen LogP contribution in [0.5, 0.6) is 0 Å². The van der Waals surface area contributed by atoms with Crippen molar-refractivity contribution in [2.75, 3.05) is 6.54 Å². The molecule has 1 atom stereocenters. The fourth-order valence-electron chi connectivity index (χ4n) is 2.29. The summed E-state index contributed by atoms with van der Waals surface area (Å²) in [6, 6.07) is 8.28. The normalized spacial score (nSPS) is 11.8. The lowest BCUT2D eigenvalue weighted by Gasteiger charge is -2.12. The molecule has 0 radical (unpaired) electrons. The third kappa shape index (κ3) is 5.52. The van der Waals surface area contributed by atoms with Gasteiger partial charge in [-0.2, -0.15) is 0 Å². The van der Waals surface area contributed by atoms with Gasteiger partial charge in [0, 0.05) is 17.5 Å². The summed E-state index contributed by atoms with van der Waals surface area (Å²) < 4.78 is 5.15. The Bertz CT molecular complexity index is 766. The Labute approximate surface area is 158 Å². The van der Waals surface area contributed by atoms with Gasteiger partial charge >= 0.3 is 5.97 Å². The second-order valence-corrected chi connectivity index (χ2v) is 7.12. The lowest BCUT2D eigenvalue weighted by Crippen LogP contribution is -2.36. The number of rotatable bonds is 8. The quantitative estimate of drug-likeness (QED) is 0.566. The minimum Gasteiger partial charge on any atom is -0.452 e. The van der Waals surface area contributed by atoms with E-state index in [0.717, 1.165) is 10.6 Å². The Morgan fingerprint density at radius 2 is 1.96 bits per heavy atom. The molecule has 1 aromatic heterocycles. The van der Waals surface area contributed by atoms with Crippen LogP contribution >= 0.6 is 11.3 Å². The SMILES string of the molecule is C=CCNC(=O)[C@H](C)OC(=O)Cc1csc(-c2ccc(C(C)C)cc2)n1. The van der Waals surface area contributed by atoms with Gasteiger partial charge in [-0.1, -0.05) is 44.2 Å². The first-order valence-corrected chi connectivity index (χ1v) is 9.41. The molecule has 0 unspecified atom stereocenters. The Hall–Kier alpha value is -2.47. The molecule has 26 heavy (non-hydrogen) atoms. The van der Waals surface area contributed by atoms with Gasteiger partial charge in [0.25, 0.3) is 5.91 Å². The lowest BCUT2D eigenvalue weighted by atomic mass is 10.0. The van der Waals surface area contributed by atoms with Crippen molar-refractivity contribution in [2.24, 2.45) is 0 Å². The first kappa shape index (κ1) is 19.8. The molecule has 6 heteroatoms. The molecule has 2 rings (SSSR count). The molecule has 138 valence electrons. The predicted octanol–water partition coefficient (Wildman–Crippen LogP) is 3.71. The number of thiazole rings is 1. The van der Waals surface area contributed by atoms with Crippen LogP contribution in [0.1, 0.15) is 37.9 Å². The highest BCUT2D eigenvalue weighted by Crippen LogP contribution is 2.26. The molecule has 1 N–H and O–H groups in total. The van der Waals surface area contributed by atoms with Crippen LogP contribution in [-0.2, 0) is 20.7 Å². The van der Waals surface area contributed by atoms with E-state index in [1.165, 1.54) is 16.9 Å². The maximum atomic E-state index is 12.0. The molecule has 1 aromatic carbocycles. The molecule has 0 fully saturated rings. The Morgan fingerprint density at radius 1 is 1.27 bits per heavy atom. The summed E-state index contributed by atoms with van der Waals surface area (Å²) in [5, 5.41) is 5.30. The Kier molecular flexibility index (Phi) is 7.09. The third-order valence-corrected chi connectivity index (χ3v) is 4.74. The number of nitrogens with one attached hydrogen (secondary N) is 1. The van der Waals surface area contributed by atoms with Gasteiger partial charge in [-0.05, 0) is 18.4 Å². The van der Waals surface area contributed by atoms with E-state index >= 15 is 0 Å². The number of ether oxygens (including phenoxy) is 1. The zero-order valence-electron chi connectivity index (χ0n) is 15.3. The molecular weight excluding hydrogens is 348 g/mol. The van der Waals surface area contributed by atoms with E-state index in [1.807, 2.05) is 17.5 Å². The van der Waals surface area contributed by atoms with Crippen LogP contribution in [0.3, 0.4) is 0 Å². The Morgan fingerprint density at radius 3 is 2.58 bits per heavy atom. The van der Waals surface area contributed by atoms with Gasteiger partial charge in [0.15, 0.2) is 6.10 Å². The number of esters is 1. The number of hydrogen-bond acceptors (Lipinski definition) is 5. The second kappa shape index (κ2) is 9.29. The third-order valence-electron chi connectivity index (χ3n) is 3.80. The number of aromatic nitrogens is 1.